The Kier molecular flexibility index (Phi) is 4.76. The van der Waals surface area contributed by atoms with Crippen LogP contribution in [0.5, 0.6) is 0 Å². The lowest BCUT2D eigenvalue weighted by atomic mass is 9.99. The second kappa shape index (κ2) is 5.87. The lowest BCUT2D eigenvalue weighted by Crippen LogP contribution is -2.51. The number of rotatable bonds is 2. The summed E-state index contributed by atoms with van der Waals surface area (Å²) >= 11 is 0. The Labute approximate surface area is 103 Å². The quantitative estimate of drug-likeness (QED) is 0.766. The largest absolute Gasteiger partial charge is 0.444 e. The second-order valence-electron chi connectivity index (χ2n) is 5.31. The van der Waals surface area contributed by atoms with Gasteiger partial charge in [0.2, 0.25) is 0 Å². The molecule has 0 aromatic heterocycles. The minimum absolute atomic E-state index is 0.0290. The molecular formula is C12H21N3O2. The summed E-state index contributed by atoms with van der Waals surface area (Å²) in [6.45, 7) is 6.30. The number of carbonyl (C=O) groups excluding carboxylic acids is 1. The molecular weight excluding hydrogens is 218 g/mol. The zero-order valence-corrected chi connectivity index (χ0v) is 10.7. The summed E-state index contributed by atoms with van der Waals surface area (Å²) < 4.78 is 5.13. The van der Waals surface area contributed by atoms with Gasteiger partial charge >= 0.3 is 6.09 Å². The van der Waals surface area contributed by atoms with Crippen LogP contribution in [0.3, 0.4) is 0 Å². The van der Waals surface area contributed by atoms with Gasteiger partial charge in [0, 0.05) is 6.04 Å². The maximum atomic E-state index is 11.6. The number of carbonyl (C=O) groups is 1. The molecule has 5 nitrogen and oxygen atoms in total. The lowest BCUT2D eigenvalue weighted by Gasteiger charge is -2.28. The van der Waals surface area contributed by atoms with Crippen LogP contribution in [-0.2, 0) is 4.74 Å². The molecule has 2 N–H and O–H groups in total. The van der Waals surface area contributed by atoms with Crippen molar-refractivity contribution in [3.05, 3.63) is 0 Å². The van der Waals surface area contributed by atoms with E-state index >= 15 is 0 Å². The van der Waals surface area contributed by atoms with Gasteiger partial charge in [-0.25, -0.2) is 4.79 Å². The van der Waals surface area contributed by atoms with Gasteiger partial charge in [0.1, 0.15) is 11.6 Å². The van der Waals surface area contributed by atoms with Gasteiger partial charge in [-0.15, -0.1) is 0 Å². The predicted octanol–water partition coefficient (Wildman–Crippen LogP) is 1.55. The Bertz CT molecular complexity index is 298. The standard InChI is InChI=1S/C12H21N3O2/c1-12(2,3)17-11(16)15-10(8-13)9-6-4-5-7-14-9/h9-10,14H,4-7H2,1-3H3,(H,15,16). The number of amides is 1. The minimum atomic E-state index is -0.538. The van der Waals surface area contributed by atoms with Crippen LogP contribution < -0.4 is 10.6 Å². The highest BCUT2D eigenvalue weighted by molar-refractivity contribution is 5.68. The first-order valence-corrected chi connectivity index (χ1v) is 6.05. The van der Waals surface area contributed by atoms with Crippen LogP contribution in [0.4, 0.5) is 4.79 Å². The third-order valence-corrected chi connectivity index (χ3v) is 2.56. The van der Waals surface area contributed by atoms with E-state index in [1.54, 1.807) is 20.8 Å². The molecule has 2 unspecified atom stereocenters. The number of hydrogen-bond acceptors (Lipinski definition) is 4. The van der Waals surface area contributed by atoms with Crippen molar-refractivity contribution in [2.75, 3.05) is 6.54 Å². The van der Waals surface area contributed by atoms with Crippen LogP contribution in [-0.4, -0.2) is 30.3 Å². The fraction of sp³-hybridized carbons (Fsp3) is 0.833. The van der Waals surface area contributed by atoms with E-state index in [0.717, 1.165) is 25.8 Å². The normalized spacial score (nSPS) is 22.4. The first-order chi connectivity index (χ1) is 7.92. The third-order valence-electron chi connectivity index (χ3n) is 2.56. The number of alkyl carbamates (subject to hydrolysis) is 1. The third kappa shape index (κ3) is 5.05. The van der Waals surface area contributed by atoms with Crippen molar-refractivity contribution in [1.29, 1.82) is 5.26 Å². The number of ether oxygens (including phenoxy) is 1. The maximum Gasteiger partial charge on any atom is 0.408 e. The van der Waals surface area contributed by atoms with Crippen LogP contribution in [0.25, 0.3) is 0 Å². The van der Waals surface area contributed by atoms with Crippen molar-refractivity contribution in [2.24, 2.45) is 0 Å². The molecule has 1 rings (SSSR count). The fourth-order valence-corrected chi connectivity index (χ4v) is 1.82. The van der Waals surface area contributed by atoms with Crippen molar-refractivity contribution < 1.29 is 9.53 Å². The Balaban J connectivity index is 2.46. The number of nitrogens with zero attached hydrogens (tertiary/aromatic N) is 1. The van der Waals surface area contributed by atoms with Crippen molar-refractivity contribution in [3.8, 4) is 6.07 Å². The van der Waals surface area contributed by atoms with Crippen LogP contribution in [0.1, 0.15) is 40.0 Å². The molecule has 0 radical (unpaired) electrons. The van der Waals surface area contributed by atoms with Gasteiger partial charge in [0.15, 0.2) is 0 Å². The molecule has 2 atom stereocenters. The molecule has 1 saturated heterocycles. The van der Waals surface area contributed by atoms with Crippen molar-refractivity contribution >= 4 is 6.09 Å². The number of hydrogen-bond donors (Lipinski definition) is 2. The zero-order valence-electron chi connectivity index (χ0n) is 10.7. The Morgan fingerprint density at radius 1 is 1.53 bits per heavy atom. The molecule has 1 aliphatic rings. The summed E-state index contributed by atoms with van der Waals surface area (Å²) in [6.07, 6.45) is 2.59. The predicted molar refractivity (Wildman–Crippen MR) is 64.4 cm³/mol. The van der Waals surface area contributed by atoms with E-state index in [0.29, 0.717) is 0 Å². The van der Waals surface area contributed by atoms with Crippen molar-refractivity contribution in [2.45, 2.75) is 57.7 Å². The number of nitrogens with one attached hydrogen (secondary N) is 2. The van der Waals surface area contributed by atoms with E-state index in [1.807, 2.05) is 0 Å². The monoisotopic (exact) mass is 239 g/mol. The smallest absolute Gasteiger partial charge is 0.408 e. The summed E-state index contributed by atoms with van der Waals surface area (Å²) in [5.41, 5.74) is -0.538. The van der Waals surface area contributed by atoms with Gasteiger partial charge in [0.25, 0.3) is 0 Å². The van der Waals surface area contributed by atoms with E-state index in [-0.39, 0.29) is 6.04 Å². The van der Waals surface area contributed by atoms with Crippen molar-refractivity contribution in [3.63, 3.8) is 0 Å². The van der Waals surface area contributed by atoms with Gasteiger partial charge in [-0.2, -0.15) is 5.26 Å². The molecule has 17 heavy (non-hydrogen) atoms. The van der Waals surface area contributed by atoms with E-state index in [2.05, 4.69) is 16.7 Å². The Morgan fingerprint density at radius 3 is 2.71 bits per heavy atom. The SMILES string of the molecule is CC(C)(C)OC(=O)NC(C#N)C1CCCCN1. The number of piperidine rings is 1. The molecule has 0 aliphatic carbocycles. The molecule has 0 spiro atoms. The molecule has 1 heterocycles. The van der Waals surface area contributed by atoms with Gasteiger partial charge in [-0.3, -0.25) is 0 Å². The minimum Gasteiger partial charge on any atom is -0.444 e. The zero-order chi connectivity index (χ0) is 12.9. The molecule has 0 bridgehead atoms. The highest BCUT2D eigenvalue weighted by Gasteiger charge is 2.26. The summed E-state index contributed by atoms with van der Waals surface area (Å²) in [6, 6.07) is 1.62. The average Bonchev–Trinajstić information content (AvgIpc) is 2.24. The summed E-state index contributed by atoms with van der Waals surface area (Å²) in [5, 5.41) is 14.9. The highest BCUT2D eigenvalue weighted by atomic mass is 16.6. The van der Waals surface area contributed by atoms with E-state index < -0.39 is 17.7 Å². The first kappa shape index (κ1) is 13.8. The topological polar surface area (TPSA) is 74.1 Å². The van der Waals surface area contributed by atoms with E-state index in [4.69, 9.17) is 10.00 Å². The summed E-state index contributed by atoms with van der Waals surface area (Å²) in [4.78, 5) is 11.6. The molecule has 1 aliphatic heterocycles. The van der Waals surface area contributed by atoms with Crippen LogP contribution in [0, 0.1) is 11.3 Å². The summed E-state index contributed by atoms with van der Waals surface area (Å²) in [7, 11) is 0. The van der Waals surface area contributed by atoms with Crippen molar-refractivity contribution in [1.82, 2.24) is 10.6 Å². The second-order valence-corrected chi connectivity index (χ2v) is 5.31. The summed E-state index contributed by atoms with van der Waals surface area (Å²) in [5.74, 6) is 0. The first-order valence-electron chi connectivity index (χ1n) is 6.05. The molecule has 0 aromatic carbocycles. The maximum absolute atomic E-state index is 11.6. The van der Waals surface area contributed by atoms with Crippen LogP contribution in [0.15, 0.2) is 0 Å². The molecule has 96 valence electrons. The molecule has 1 amide bonds. The molecule has 1 fully saturated rings. The fourth-order valence-electron chi connectivity index (χ4n) is 1.82. The van der Waals surface area contributed by atoms with Gasteiger partial charge < -0.3 is 15.4 Å². The molecule has 0 saturated carbocycles. The van der Waals surface area contributed by atoms with Gasteiger partial charge in [-0.05, 0) is 40.2 Å². The Hall–Kier alpha value is -1.28. The number of nitriles is 1. The Morgan fingerprint density at radius 2 is 2.24 bits per heavy atom. The average molecular weight is 239 g/mol. The van der Waals surface area contributed by atoms with Gasteiger partial charge in [-0.1, -0.05) is 6.42 Å². The van der Waals surface area contributed by atoms with Crippen LogP contribution >= 0.6 is 0 Å². The van der Waals surface area contributed by atoms with Gasteiger partial charge in [0.05, 0.1) is 6.07 Å². The highest BCUT2D eigenvalue weighted by Crippen LogP contribution is 2.11. The molecule has 5 heteroatoms. The lowest BCUT2D eigenvalue weighted by molar-refractivity contribution is 0.0504. The van der Waals surface area contributed by atoms with E-state index in [1.165, 1.54) is 0 Å². The van der Waals surface area contributed by atoms with Crippen LogP contribution in [0.2, 0.25) is 0 Å². The molecule has 0 aromatic rings. The van der Waals surface area contributed by atoms with E-state index in [9.17, 15) is 4.79 Å².